The van der Waals surface area contributed by atoms with Gasteiger partial charge in [-0.05, 0) is 24.1 Å². The SMILES string of the molecule is COc1ccc(CN2C(=O)CC[C@@H]2/C=C/C(O)C(F)(F)c2ccccc2)cc1. The zero-order valence-corrected chi connectivity index (χ0v) is 15.6. The third-order valence-corrected chi connectivity index (χ3v) is 4.93. The molecule has 148 valence electrons. The number of hydrogen-bond acceptors (Lipinski definition) is 3. The molecule has 2 atom stereocenters. The van der Waals surface area contributed by atoms with E-state index in [2.05, 4.69) is 0 Å². The molecule has 1 aliphatic heterocycles. The van der Waals surface area contributed by atoms with Crippen molar-refractivity contribution in [2.45, 2.75) is 37.5 Å². The second-order valence-corrected chi connectivity index (χ2v) is 6.79. The highest BCUT2D eigenvalue weighted by Crippen LogP contribution is 2.33. The molecule has 2 aromatic rings. The number of methoxy groups -OCH3 is 1. The number of halogens is 2. The fourth-order valence-corrected chi connectivity index (χ4v) is 3.27. The lowest BCUT2D eigenvalue weighted by atomic mass is 10.0. The number of rotatable bonds is 7. The van der Waals surface area contributed by atoms with Gasteiger partial charge in [-0.2, -0.15) is 8.78 Å². The maximum absolute atomic E-state index is 14.4. The van der Waals surface area contributed by atoms with Crippen molar-refractivity contribution < 1.29 is 23.4 Å². The summed E-state index contributed by atoms with van der Waals surface area (Å²) < 4.78 is 34.0. The molecule has 1 unspecified atom stereocenters. The number of carbonyl (C=O) groups is 1. The predicted octanol–water partition coefficient (Wildman–Crippen LogP) is 3.90. The van der Waals surface area contributed by atoms with Crippen LogP contribution in [0.15, 0.2) is 66.7 Å². The van der Waals surface area contributed by atoms with Gasteiger partial charge in [-0.25, -0.2) is 0 Å². The average Bonchev–Trinajstić information content (AvgIpc) is 3.06. The minimum absolute atomic E-state index is 0.0326. The first-order valence-corrected chi connectivity index (χ1v) is 9.14. The van der Waals surface area contributed by atoms with Crippen LogP contribution >= 0.6 is 0 Å². The molecule has 0 radical (unpaired) electrons. The largest absolute Gasteiger partial charge is 0.497 e. The van der Waals surface area contributed by atoms with Gasteiger partial charge in [0.25, 0.3) is 0 Å². The van der Waals surface area contributed by atoms with E-state index in [4.69, 9.17) is 4.74 Å². The number of nitrogens with zero attached hydrogens (tertiary/aromatic N) is 1. The normalized spacial score (nSPS) is 18.6. The Morgan fingerprint density at radius 3 is 2.54 bits per heavy atom. The Morgan fingerprint density at radius 1 is 1.21 bits per heavy atom. The third kappa shape index (κ3) is 4.39. The van der Waals surface area contributed by atoms with Crippen LogP contribution in [0.5, 0.6) is 5.75 Å². The van der Waals surface area contributed by atoms with E-state index in [1.165, 1.54) is 30.3 Å². The van der Waals surface area contributed by atoms with Crippen LogP contribution in [0.2, 0.25) is 0 Å². The van der Waals surface area contributed by atoms with Crippen molar-refractivity contribution in [2.24, 2.45) is 0 Å². The minimum atomic E-state index is -3.40. The summed E-state index contributed by atoms with van der Waals surface area (Å²) in [7, 11) is 1.58. The lowest BCUT2D eigenvalue weighted by Gasteiger charge is -2.24. The second-order valence-electron chi connectivity index (χ2n) is 6.79. The molecule has 1 fully saturated rings. The zero-order valence-electron chi connectivity index (χ0n) is 15.6. The molecule has 0 bridgehead atoms. The minimum Gasteiger partial charge on any atom is -0.497 e. The van der Waals surface area contributed by atoms with Gasteiger partial charge >= 0.3 is 5.92 Å². The van der Waals surface area contributed by atoms with Crippen molar-refractivity contribution in [3.05, 3.63) is 77.9 Å². The van der Waals surface area contributed by atoms with Crippen LogP contribution < -0.4 is 4.74 Å². The van der Waals surface area contributed by atoms with Gasteiger partial charge in [0.15, 0.2) is 0 Å². The summed E-state index contributed by atoms with van der Waals surface area (Å²) >= 11 is 0. The molecule has 2 aromatic carbocycles. The van der Waals surface area contributed by atoms with Gasteiger partial charge in [-0.1, -0.05) is 54.6 Å². The van der Waals surface area contributed by atoms with Crippen LogP contribution in [0.4, 0.5) is 8.78 Å². The van der Waals surface area contributed by atoms with Gasteiger partial charge < -0.3 is 14.7 Å². The quantitative estimate of drug-likeness (QED) is 0.734. The topological polar surface area (TPSA) is 49.8 Å². The molecule has 1 amide bonds. The number of benzene rings is 2. The first-order valence-electron chi connectivity index (χ1n) is 9.14. The van der Waals surface area contributed by atoms with Crippen LogP contribution in [0.3, 0.4) is 0 Å². The number of amides is 1. The number of aliphatic hydroxyl groups is 1. The summed E-state index contributed by atoms with van der Waals surface area (Å²) in [5.41, 5.74) is 0.675. The molecule has 1 N–H and O–H groups in total. The molecular formula is C22H23F2NO3. The highest BCUT2D eigenvalue weighted by Gasteiger charge is 2.39. The van der Waals surface area contributed by atoms with Crippen LogP contribution in [-0.2, 0) is 17.3 Å². The number of alkyl halides is 2. The third-order valence-electron chi connectivity index (χ3n) is 4.93. The van der Waals surface area contributed by atoms with E-state index in [1.54, 1.807) is 18.1 Å². The van der Waals surface area contributed by atoms with Gasteiger partial charge in [-0.3, -0.25) is 4.79 Å². The number of carbonyl (C=O) groups excluding carboxylic acids is 1. The summed E-state index contributed by atoms with van der Waals surface area (Å²) in [6.45, 7) is 0.378. The Bertz CT molecular complexity index is 821. The van der Waals surface area contributed by atoms with E-state index < -0.39 is 12.0 Å². The lowest BCUT2D eigenvalue weighted by molar-refractivity contribution is -0.129. The summed E-state index contributed by atoms with van der Waals surface area (Å²) in [6, 6.07) is 14.2. The number of hydrogen-bond donors (Lipinski definition) is 1. The maximum Gasteiger partial charge on any atom is 0.302 e. The Balaban J connectivity index is 1.70. The van der Waals surface area contributed by atoms with Gasteiger partial charge in [0.2, 0.25) is 5.91 Å². The summed E-state index contributed by atoms with van der Waals surface area (Å²) in [5, 5.41) is 10.0. The van der Waals surface area contributed by atoms with Crippen molar-refractivity contribution in [1.29, 1.82) is 0 Å². The molecule has 0 spiro atoms. The van der Waals surface area contributed by atoms with Gasteiger partial charge in [0.1, 0.15) is 11.9 Å². The van der Waals surface area contributed by atoms with Crippen LogP contribution in [0.25, 0.3) is 0 Å². The van der Waals surface area contributed by atoms with E-state index in [9.17, 15) is 18.7 Å². The highest BCUT2D eigenvalue weighted by atomic mass is 19.3. The van der Waals surface area contributed by atoms with Crippen LogP contribution in [-0.4, -0.2) is 35.2 Å². The fraction of sp³-hybridized carbons (Fsp3) is 0.318. The second kappa shape index (κ2) is 8.52. The van der Waals surface area contributed by atoms with Crippen molar-refractivity contribution >= 4 is 5.91 Å². The monoisotopic (exact) mass is 387 g/mol. The Morgan fingerprint density at radius 2 is 1.89 bits per heavy atom. The zero-order chi connectivity index (χ0) is 20.1. The van der Waals surface area contributed by atoms with Crippen molar-refractivity contribution in [3.8, 4) is 5.75 Å². The number of aliphatic hydroxyl groups excluding tert-OH is 1. The van der Waals surface area contributed by atoms with E-state index in [1.807, 2.05) is 24.3 Å². The van der Waals surface area contributed by atoms with E-state index in [-0.39, 0.29) is 17.5 Å². The Hall–Kier alpha value is -2.73. The molecule has 3 rings (SSSR count). The Labute approximate surface area is 163 Å². The lowest BCUT2D eigenvalue weighted by Crippen LogP contribution is -2.33. The number of ether oxygens (including phenoxy) is 1. The van der Waals surface area contributed by atoms with Crippen LogP contribution in [0, 0.1) is 0 Å². The predicted molar refractivity (Wildman–Crippen MR) is 102 cm³/mol. The molecule has 1 saturated heterocycles. The average molecular weight is 387 g/mol. The van der Waals surface area contributed by atoms with Gasteiger partial charge in [0, 0.05) is 18.5 Å². The van der Waals surface area contributed by atoms with E-state index in [0.717, 1.165) is 17.4 Å². The molecule has 4 nitrogen and oxygen atoms in total. The molecule has 1 heterocycles. The summed E-state index contributed by atoms with van der Waals surface area (Å²) in [4.78, 5) is 13.9. The molecule has 1 aliphatic rings. The number of likely N-dealkylation sites (tertiary alicyclic amines) is 1. The standard InChI is InChI=1S/C22H23F2NO3/c1-28-19-11-7-16(8-12-19)15-25-18(10-14-21(25)27)9-13-20(26)22(23,24)17-5-3-2-4-6-17/h2-9,11-13,18,20,26H,10,14-15H2,1H3/b13-9+/t18-,20?/m0/s1. The van der Waals surface area contributed by atoms with Gasteiger partial charge in [-0.15, -0.1) is 0 Å². The molecule has 0 aliphatic carbocycles. The first kappa shape index (κ1) is 20.0. The molecule has 28 heavy (non-hydrogen) atoms. The van der Waals surface area contributed by atoms with Crippen molar-refractivity contribution in [2.75, 3.05) is 7.11 Å². The van der Waals surface area contributed by atoms with Crippen molar-refractivity contribution in [1.82, 2.24) is 4.90 Å². The molecule has 6 heteroatoms. The van der Waals surface area contributed by atoms with E-state index in [0.29, 0.717) is 19.4 Å². The highest BCUT2D eigenvalue weighted by molar-refractivity contribution is 5.79. The molecular weight excluding hydrogens is 364 g/mol. The fourth-order valence-electron chi connectivity index (χ4n) is 3.27. The Kier molecular flexibility index (Phi) is 6.09. The maximum atomic E-state index is 14.4. The van der Waals surface area contributed by atoms with Gasteiger partial charge in [0.05, 0.1) is 13.2 Å². The van der Waals surface area contributed by atoms with Crippen molar-refractivity contribution in [3.63, 3.8) is 0 Å². The first-order chi connectivity index (χ1) is 13.4. The summed E-state index contributed by atoms with van der Waals surface area (Å²) in [5.74, 6) is -2.71. The molecule has 0 aromatic heterocycles. The van der Waals surface area contributed by atoms with Crippen LogP contribution in [0.1, 0.15) is 24.0 Å². The summed E-state index contributed by atoms with van der Waals surface area (Å²) in [6.07, 6.45) is 1.53. The molecule has 0 saturated carbocycles. The smallest absolute Gasteiger partial charge is 0.302 e. The van der Waals surface area contributed by atoms with E-state index >= 15 is 0 Å².